The summed E-state index contributed by atoms with van der Waals surface area (Å²) in [5.41, 5.74) is 1.31. The number of hydrogen-bond donors (Lipinski definition) is 1. The molecule has 5 nitrogen and oxygen atoms in total. The molecule has 1 heterocycles. The van der Waals surface area contributed by atoms with Crippen molar-refractivity contribution in [3.63, 3.8) is 0 Å². The molecule has 1 aromatic heterocycles. The van der Waals surface area contributed by atoms with Crippen molar-refractivity contribution < 1.29 is 9.32 Å². The number of aromatic nitrogens is 1. The van der Waals surface area contributed by atoms with Gasteiger partial charge in [0.05, 0.1) is 6.54 Å². The van der Waals surface area contributed by atoms with Gasteiger partial charge < -0.3 is 9.84 Å². The molecule has 0 bridgehead atoms. The molecule has 124 valence electrons. The molecule has 0 saturated carbocycles. The Balaban J connectivity index is 1.93. The highest BCUT2D eigenvalue weighted by atomic mass is 16.5. The maximum atomic E-state index is 12.2. The minimum absolute atomic E-state index is 0.197. The van der Waals surface area contributed by atoms with Crippen LogP contribution in [0.4, 0.5) is 0 Å². The molecule has 2 rings (SSSR count). The van der Waals surface area contributed by atoms with Crippen molar-refractivity contribution in [3.8, 4) is 0 Å². The van der Waals surface area contributed by atoms with Crippen LogP contribution in [0.1, 0.15) is 49.0 Å². The number of hydrogen-bond acceptors (Lipinski definition) is 4. The summed E-state index contributed by atoms with van der Waals surface area (Å²) in [6, 6.07) is 11.9. The van der Waals surface area contributed by atoms with Gasteiger partial charge in [-0.1, -0.05) is 42.4 Å². The fraction of sp³-hybridized carbons (Fsp3) is 0.444. The number of benzene rings is 1. The highest BCUT2D eigenvalue weighted by Gasteiger charge is 2.21. The molecule has 5 heteroatoms. The van der Waals surface area contributed by atoms with Crippen molar-refractivity contribution in [3.05, 3.63) is 53.4 Å². The van der Waals surface area contributed by atoms with Gasteiger partial charge in [0, 0.05) is 18.2 Å². The van der Waals surface area contributed by atoms with Crippen molar-refractivity contribution in [2.45, 2.75) is 45.8 Å². The first-order chi connectivity index (χ1) is 10.9. The quantitative estimate of drug-likeness (QED) is 0.852. The highest BCUT2D eigenvalue weighted by molar-refractivity contribution is 5.92. The smallest absolute Gasteiger partial charge is 0.273 e. The number of rotatable bonds is 7. The Morgan fingerprint density at radius 3 is 2.61 bits per heavy atom. The molecule has 0 aliphatic heterocycles. The molecule has 0 aliphatic carbocycles. The average Bonchev–Trinajstić information content (AvgIpc) is 2.96. The second-order valence-electron chi connectivity index (χ2n) is 6.53. The zero-order valence-corrected chi connectivity index (χ0v) is 14.3. The molecule has 0 saturated heterocycles. The van der Waals surface area contributed by atoms with Gasteiger partial charge in [-0.2, -0.15) is 0 Å². The zero-order valence-electron chi connectivity index (χ0n) is 14.3. The van der Waals surface area contributed by atoms with Gasteiger partial charge in [0.15, 0.2) is 11.5 Å². The second-order valence-corrected chi connectivity index (χ2v) is 6.53. The van der Waals surface area contributed by atoms with Gasteiger partial charge in [-0.15, -0.1) is 0 Å². The lowest BCUT2D eigenvalue weighted by Crippen LogP contribution is -2.42. The van der Waals surface area contributed by atoms with Crippen LogP contribution in [0.15, 0.2) is 40.9 Å². The molecule has 0 unspecified atom stereocenters. The Morgan fingerprint density at radius 2 is 1.96 bits per heavy atom. The first-order valence-corrected chi connectivity index (χ1v) is 7.90. The number of nitrogens with zero attached hydrogens (tertiary/aromatic N) is 2. The molecular formula is C18H25N3O2. The van der Waals surface area contributed by atoms with Crippen molar-refractivity contribution in [1.82, 2.24) is 15.4 Å². The van der Waals surface area contributed by atoms with Gasteiger partial charge in [0.1, 0.15) is 0 Å². The van der Waals surface area contributed by atoms with Gasteiger partial charge in [0.2, 0.25) is 0 Å². The lowest BCUT2D eigenvalue weighted by atomic mass is 10.0. The Labute approximate surface area is 137 Å². The van der Waals surface area contributed by atoms with E-state index in [2.05, 4.69) is 27.5 Å². The van der Waals surface area contributed by atoms with Crippen LogP contribution in [-0.4, -0.2) is 28.6 Å². The zero-order chi connectivity index (χ0) is 16.9. The first-order valence-electron chi connectivity index (χ1n) is 7.90. The second kappa shape index (κ2) is 7.42. The van der Waals surface area contributed by atoms with Crippen molar-refractivity contribution in [2.75, 3.05) is 7.05 Å². The summed E-state index contributed by atoms with van der Waals surface area (Å²) in [5, 5.41) is 6.83. The van der Waals surface area contributed by atoms with Crippen LogP contribution in [0.5, 0.6) is 0 Å². The van der Waals surface area contributed by atoms with Gasteiger partial charge >= 0.3 is 0 Å². The van der Waals surface area contributed by atoms with Crippen LogP contribution in [0.2, 0.25) is 0 Å². The third-order valence-electron chi connectivity index (χ3n) is 3.85. The number of nitrogens with one attached hydrogen (secondary N) is 1. The SMILES string of the molecule is CCC(C)(C)NC(=O)c1cc(CN(C)Cc2ccccc2)on1. The van der Waals surface area contributed by atoms with E-state index in [4.69, 9.17) is 4.52 Å². The third-order valence-corrected chi connectivity index (χ3v) is 3.85. The van der Waals surface area contributed by atoms with E-state index in [1.807, 2.05) is 46.0 Å². The molecule has 1 aromatic carbocycles. The van der Waals surface area contributed by atoms with Gasteiger partial charge in [-0.3, -0.25) is 9.69 Å². The third kappa shape index (κ3) is 5.21. The number of carbonyl (C=O) groups is 1. The fourth-order valence-electron chi connectivity index (χ4n) is 2.17. The van der Waals surface area contributed by atoms with Crippen LogP contribution in [0.3, 0.4) is 0 Å². The molecule has 0 atom stereocenters. The maximum absolute atomic E-state index is 12.2. The predicted octanol–water partition coefficient (Wildman–Crippen LogP) is 3.23. The maximum Gasteiger partial charge on any atom is 0.273 e. The summed E-state index contributed by atoms with van der Waals surface area (Å²) in [5.74, 6) is 0.487. The summed E-state index contributed by atoms with van der Waals surface area (Å²) in [6.45, 7) is 7.42. The van der Waals surface area contributed by atoms with E-state index in [1.165, 1.54) is 5.56 Å². The topological polar surface area (TPSA) is 58.4 Å². The lowest BCUT2D eigenvalue weighted by molar-refractivity contribution is 0.0902. The van der Waals surface area contributed by atoms with Crippen molar-refractivity contribution in [1.29, 1.82) is 0 Å². The first kappa shape index (κ1) is 17.2. The molecule has 2 aromatic rings. The average molecular weight is 315 g/mol. The van der Waals surface area contributed by atoms with Crippen LogP contribution < -0.4 is 5.32 Å². The summed E-state index contributed by atoms with van der Waals surface area (Å²) in [7, 11) is 2.01. The Bertz CT molecular complexity index is 635. The summed E-state index contributed by atoms with van der Waals surface area (Å²) in [4.78, 5) is 14.3. The standard InChI is InChI=1S/C18H25N3O2/c1-5-18(2,3)19-17(22)16-11-15(23-20-16)13-21(4)12-14-9-7-6-8-10-14/h6-11H,5,12-13H2,1-4H3,(H,19,22). The number of amides is 1. The minimum Gasteiger partial charge on any atom is -0.359 e. The molecule has 0 fully saturated rings. The van der Waals surface area contributed by atoms with E-state index in [0.29, 0.717) is 18.0 Å². The normalized spacial score (nSPS) is 11.7. The minimum atomic E-state index is -0.250. The van der Waals surface area contributed by atoms with Crippen molar-refractivity contribution >= 4 is 5.91 Å². The molecule has 0 aliphatic rings. The van der Waals surface area contributed by atoms with E-state index >= 15 is 0 Å². The van der Waals surface area contributed by atoms with E-state index in [0.717, 1.165) is 13.0 Å². The molecule has 0 radical (unpaired) electrons. The van der Waals surface area contributed by atoms with Crippen molar-refractivity contribution in [2.24, 2.45) is 0 Å². The Kier molecular flexibility index (Phi) is 5.55. The Hall–Kier alpha value is -2.14. The monoisotopic (exact) mass is 315 g/mol. The fourth-order valence-corrected chi connectivity index (χ4v) is 2.17. The van der Waals surface area contributed by atoms with Gasteiger partial charge in [-0.25, -0.2) is 0 Å². The van der Waals surface area contributed by atoms with E-state index in [-0.39, 0.29) is 11.4 Å². The highest BCUT2D eigenvalue weighted by Crippen LogP contribution is 2.12. The summed E-state index contributed by atoms with van der Waals surface area (Å²) < 4.78 is 5.29. The van der Waals surface area contributed by atoms with Gasteiger partial charge in [0.25, 0.3) is 5.91 Å². The summed E-state index contributed by atoms with van der Waals surface area (Å²) >= 11 is 0. The van der Waals surface area contributed by atoms with E-state index in [9.17, 15) is 4.79 Å². The largest absolute Gasteiger partial charge is 0.359 e. The lowest BCUT2D eigenvalue weighted by Gasteiger charge is -2.23. The van der Waals surface area contributed by atoms with E-state index in [1.54, 1.807) is 6.07 Å². The van der Waals surface area contributed by atoms with Crippen LogP contribution in [0.25, 0.3) is 0 Å². The van der Waals surface area contributed by atoms with Crippen LogP contribution in [-0.2, 0) is 13.1 Å². The van der Waals surface area contributed by atoms with Crippen LogP contribution in [0, 0.1) is 0 Å². The molecule has 1 N–H and O–H groups in total. The molecular weight excluding hydrogens is 290 g/mol. The van der Waals surface area contributed by atoms with E-state index < -0.39 is 0 Å². The number of carbonyl (C=O) groups excluding carboxylic acids is 1. The Morgan fingerprint density at radius 1 is 1.26 bits per heavy atom. The summed E-state index contributed by atoms with van der Waals surface area (Å²) in [6.07, 6.45) is 0.850. The molecule has 1 amide bonds. The van der Waals surface area contributed by atoms with Crippen LogP contribution >= 0.6 is 0 Å². The predicted molar refractivity (Wildman–Crippen MR) is 90.0 cm³/mol. The van der Waals surface area contributed by atoms with Gasteiger partial charge in [-0.05, 0) is 32.9 Å². The molecule has 0 spiro atoms. The molecule has 23 heavy (non-hydrogen) atoms.